The second-order valence-corrected chi connectivity index (χ2v) is 17.4. The SMILES string of the molecule is CC/C=C\C/C=C\C/C=C\C/C=C\CCCCC(=O)OC(COCCCCCCCCCCCCCCCCCCCC)COP(=O)([O-])OCC[N+](C)(C)C. The molecule has 0 aromatic heterocycles. The molecule has 0 radical (unpaired) electrons. The lowest BCUT2D eigenvalue weighted by Crippen LogP contribution is -2.37. The van der Waals surface area contributed by atoms with Crippen LogP contribution in [0, 0.1) is 0 Å². The third-order valence-electron chi connectivity index (χ3n) is 9.39. The Hall–Kier alpha value is -1.54. The van der Waals surface area contributed by atoms with Crippen molar-refractivity contribution in [2.75, 3.05) is 54.1 Å². The number of carbonyl (C=O) groups excluding carboxylic acids is 1. The lowest BCUT2D eigenvalue weighted by molar-refractivity contribution is -0.870. The van der Waals surface area contributed by atoms with E-state index in [2.05, 4.69) is 62.5 Å². The fourth-order valence-electron chi connectivity index (χ4n) is 5.95. The van der Waals surface area contributed by atoms with E-state index in [-0.39, 0.29) is 32.2 Å². The molecule has 2 unspecified atom stereocenters. The van der Waals surface area contributed by atoms with Crippen molar-refractivity contribution < 1.29 is 37.3 Å². The summed E-state index contributed by atoms with van der Waals surface area (Å²) in [5, 5.41) is 0. The number of phosphoric acid groups is 1. The van der Waals surface area contributed by atoms with Crippen molar-refractivity contribution in [2.24, 2.45) is 0 Å². The van der Waals surface area contributed by atoms with Gasteiger partial charge in [0.25, 0.3) is 7.82 Å². The molecule has 0 saturated carbocycles. The van der Waals surface area contributed by atoms with E-state index in [1.165, 1.54) is 103 Å². The monoisotopic (exact) mass is 796 g/mol. The van der Waals surface area contributed by atoms with Crippen LogP contribution in [0.2, 0.25) is 0 Å². The molecule has 9 heteroatoms. The zero-order chi connectivity index (χ0) is 40.6. The summed E-state index contributed by atoms with van der Waals surface area (Å²) in [7, 11) is 1.33. The third-order valence-corrected chi connectivity index (χ3v) is 10.4. The summed E-state index contributed by atoms with van der Waals surface area (Å²) in [6, 6.07) is 0. The number of unbranched alkanes of at least 4 members (excludes halogenated alkanes) is 19. The summed E-state index contributed by atoms with van der Waals surface area (Å²) in [6.45, 7) is 5.25. The maximum atomic E-state index is 12.7. The largest absolute Gasteiger partial charge is 0.756 e. The van der Waals surface area contributed by atoms with Gasteiger partial charge in [-0.2, -0.15) is 0 Å². The van der Waals surface area contributed by atoms with Crippen LogP contribution < -0.4 is 4.89 Å². The molecule has 0 N–H and O–H groups in total. The van der Waals surface area contributed by atoms with Gasteiger partial charge in [-0.3, -0.25) is 9.36 Å². The van der Waals surface area contributed by atoms with Crippen LogP contribution in [0.1, 0.15) is 181 Å². The number of allylic oxidation sites excluding steroid dienone is 8. The zero-order valence-electron chi connectivity index (χ0n) is 36.4. The number of likely N-dealkylation sites (N-methyl/N-ethyl adjacent to an activating group) is 1. The van der Waals surface area contributed by atoms with Gasteiger partial charge in [0.2, 0.25) is 0 Å². The highest BCUT2D eigenvalue weighted by molar-refractivity contribution is 7.45. The fraction of sp³-hybridized carbons (Fsp3) is 0.804. The zero-order valence-corrected chi connectivity index (χ0v) is 37.3. The predicted molar refractivity (Wildman–Crippen MR) is 231 cm³/mol. The van der Waals surface area contributed by atoms with E-state index in [1.807, 2.05) is 21.1 Å². The van der Waals surface area contributed by atoms with Crippen LogP contribution in [0.4, 0.5) is 0 Å². The molecular formula is C46H86NO7P. The summed E-state index contributed by atoms with van der Waals surface area (Å²) in [5.41, 5.74) is 0. The Balaban J connectivity index is 4.26. The van der Waals surface area contributed by atoms with Gasteiger partial charge in [0.1, 0.15) is 19.3 Å². The summed E-state index contributed by atoms with van der Waals surface area (Å²) in [5.74, 6) is -0.373. The number of rotatable bonds is 41. The number of hydrogen-bond donors (Lipinski definition) is 0. The maximum absolute atomic E-state index is 12.7. The average molecular weight is 796 g/mol. The molecule has 0 aromatic rings. The second-order valence-electron chi connectivity index (χ2n) is 16.0. The Morgan fingerprint density at radius 3 is 1.55 bits per heavy atom. The number of phosphoric ester groups is 1. The van der Waals surface area contributed by atoms with Crippen LogP contribution in [0.25, 0.3) is 0 Å². The summed E-state index contributed by atoms with van der Waals surface area (Å²) < 4.78 is 34.6. The molecule has 0 spiro atoms. The van der Waals surface area contributed by atoms with Crippen molar-refractivity contribution in [2.45, 2.75) is 187 Å². The number of quaternary nitrogens is 1. The molecule has 0 heterocycles. The molecule has 0 fully saturated rings. The van der Waals surface area contributed by atoms with Crippen LogP contribution in [0.3, 0.4) is 0 Å². The van der Waals surface area contributed by atoms with Crippen molar-refractivity contribution >= 4 is 13.8 Å². The highest BCUT2D eigenvalue weighted by atomic mass is 31.2. The molecule has 322 valence electrons. The minimum Gasteiger partial charge on any atom is -0.756 e. The van der Waals surface area contributed by atoms with Crippen molar-refractivity contribution in [1.29, 1.82) is 0 Å². The van der Waals surface area contributed by atoms with E-state index in [0.29, 0.717) is 24.1 Å². The molecule has 0 aliphatic rings. The van der Waals surface area contributed by atoms with Crippen molar-refractivity contribution in [1.82, 2.24) is 0 Å². The van der Waals surface area contributed by atoms with E-state index in [0.717, 1.165) is 51.4 Å². The van der Waals surface area contributed by atoms with Crippen molar-refractivity contribution in [3.05, 3.63) is 48.6 Å². The van der Waals surface area contributed by atoms with Gasteiger partial charge in [-0.05, 0) is 51.4 Å². The smallest absolute Gasteiger partial charge is 0.306 e. The Bertz CT molecular complexity index is 1020. The average Bonchev–Trinajstić information content (AvgIpc) is 3.13. The molecule has 55 heavy (non-hydrogen) atoms. The number of carbonyl (C=O) groups is 1. The lowest BCUT2D eigenvalue weighted by Gasteiger charge is -2.28. The van der Waals surface area contributed by atoms with Crippen LogP contribution in [-0.2, 0) is 27.9 Å². The molecule has 0 saturated heterocycles. The Kier molecular flexibility index (Phi) is 38.2. The topological polar surface area (TPSA) is 94.1 Å². The first kappa shape index (κ1) is 53.5. The number of nitrogens with zero attached hydrogens (tertiary/aromatic N) is 1. The van der Waals surface area contributed by atoms with E-state index < -0.39 is 13.9 Å². The molecule has 2 atom stereocenters. The maximum Gasteiger partial charge on any atom is 0.306 e. The fourth-order valence-corrected chi connectivity index (χ4v) is 6.68. The van der Waals surface area contributed by atoms with Gasteiger partial charge < -0.3 is 27.9 Å². The lowest BCUT2D eigenvalue weighted by atomic mass is 10.0. The van der Waals surface area contributed by atoms with E-state index in [1.54, 1.807) is 0 Å². The quantitative estimate of drug-likeness (QED) is 0.0200. The summed E-state index contributed by atoms with van der Waals surface area (Å²) >= 11 is 0. The number of ether oxygens (including phenoxy) is 2. The third kappa shape index (κ3) is 43.4. The van der Waals surface area contributed by atoms with E-state index in [9.17, 15) is 14.3 Å². The first-order valence-electron chi connectivity index (χ1n) is 22.4. The van der Waals surface area contributed by atoms with Gasteiger partial charge >= 0.3 is 5.97 Å². The van der Waals surface area contributed by atoms with Gasteiger partial charge in [-0.25, -0.2) is 0 Å². The Morgan fingerprint density at radius 1 is 0.582 bits per heavy atom. The standard InChI is InChI=1S/C46H86NO7P/c1-6-8-10-12-14-16-18-20-22-23-24-26-28-30-32-34-36-38-41-51-43-45(44-53-55(49,50)52-42-40-47(3,4)5)54-46(48)39-37-35-33-31-29-27-25-21-19-17-15-13-11-9-7-2/h9,11,15,17,21,25,29,31,45H,6-8,10,12-14,16,18-20,22-24,26-28,30,32-44H2,1-5H3/b11-9-,17-15-,25-21-,31-29-. The Morgan fingerprint density at radius 2 is 1.05 bits per heavy atom. The second kappa shape index (κ2) is 39.3. The molecule has 0 aromatic carbocycles. The minimum atomic E-state index is -4.53. The molecular weight excluding hydrogens is 709 g/mol. The first-order valence-corrected chi connectivity index (χ1v) is 23.8. The van der Waals surface area contributed by atoms with Crippen LogP contribution >= 0.6 is 7.82 Å². The van der Waals surface area contributed by atoms with Crippen molar-refractivity contribution in [3.8, 4) is 0 Å². The molecule has 0 rings (SSSR count). The first-order chi connectivity index (χ1) is 26.6. The minimum absolute atomic E-state index is 0.0177. The van der Waals surface area contributed by atoms with Crippen molar-refractivity contribution in [3.63, 3.8) is 0 Å². The molecule has 0 aliphatic heterocycles. The number of esters is 1. The van der Waals surface area contributed by atoms with Crippen LogP contribution in [0.5, 0.6) is 0 Å². The van der Waals surface area contributed by atoms with Gasteiger partial charge in [-0.1, -0.05) is 172 Å². The number of hydrogen-bond acceptors (Lipinski definition) is 7. The van der Waals surface area contributed by atoms with E-state index >= 15 is 0 Å². The normalized spacial score (nSPS) is 14.2. The van der Waals surface area contributed by atoms with Gasteiger partial charge in [-0.15, -0.1) is 0 Å². The van der Waals surface area contributed by atoms with Crippen LogP contribution in [-0.4, -0.2) is 70.7 Å². The predicted octanol–water partition coefficient (Wildman–Crippen LogP) is 12.5. The molecule has 8 nitrogen and oxygen atoms in total. The molecule has 0 amide bonds. The van der Waals surface area contributed by atoms with Gasteiger partial charge in [0, 0.05) is 13.0 Å². The molecule has 0 aliphatic carbocycles. The Labute approximate surface area is 339 Å². The van der Waals surface area contributed by atoms with Gasteiger partial charge in [0.05, 0.1) is 34.4 Å². The van der Waals surface area contributed by atoms with E-state index in [4.69, 9.17) is 18.5 Å². The summed E-state index contributed by atoms with van der Waals surface area (Å²) in [4.78, 5) is 25.0. The summed E-state index contributed by atoms with van der Waals surface area (Å²) in [6.07, 6.45) is 47.0. The van der Waals surface area contributed by atoms with Gasteiger partial charge in [0.15, 0.2) is 0 Å². The highest BCUT2D eigenvalue weighted by Crippen LogP contribution is 2.38. The highest BCUT2D eigenvalue weighted by Gasteiger charge is 2.20. The molecule has 0 bridgehead atoms. The van der Waals surface area contributed by atoms with Crippen LogP contribution in [0.15, 0.2) is 48.6 Å².